The standard InChI is InChI=1S/C14H12N2O4S/c1-9-3-2-4-10(7-9)16-21(18,19)11-5-6-12-13(8-11)20-14(17)15-12/h2-8,16H,1H3,(H,15,17). The molecular formula is C14H12N2O4S. The van der Waals surface area contributed by atoms with Crippen LogP contribution in [0.5, 0.6) is 0 Å². The highest BCUT2D eigenvalue weighted by atomic mass is 32.2. The average Bonchev–Trinajstić information content (AvgIpc) is 2.77. The van der Waals surface area contributed by atoms with E-state index in [9.17, 15) is 13.2 Å². The molecule has 0 amide bonds. The molecule has 1 aromatic heterocycles. The van der Waals surface area contributed by atoms with Crippen LogP contribution in [0.15, 0.2) is 56.6 Å². The summed E-state index contributed by atoms with van der Waals surface area (Å²) in [6.07, 6.45) is 0. The van der Waals surface area contributed by atoms with Crippen molar-refractivity contribution in [1.82, 2.24) is 4.98 Å². The Bertz CT molecular complexity index is 970. The largest absolute Gasteiger partial charge is 0.417 e. The summed E-state index contributed by atoms with van der Waals surface area (Å²) in [5, 5.41) is 0. The molecule has 3 aromatic rings. The van der Waals surface area contributed by atoms with Gasteiger partial charge in [-0.25, -0.2) is 13.2 Å². The number of sulfonamides is 1. The van der Waals surface area contributed by atoms with Crippen LogP contribution >= 0.6 is 0 Å². The zero-order valence-corrected chi connectivity index (χ0v) is 11.9. The van der Waals surface area contributed by atoms with E-state index in [1.54, 1.807) is 18.2 Å². The number of aromatic amines is 1. The van der Waals surface area contributed by atoms with Gasteiger partial charge < -0.3 is 4.42 Å². The molecule has 0 aliphatic carbocycles. The number of benzene rings is 2. The maximum atomic E-state index is 12.3. The number of aromatic nitrogens is 1. The molecule has 21 heavy (non-hydrogen) atoms. The minimum absolute atomic E-state index is 0.0271. The third-order valence-corrected chi connectivity index (χ3v) is 4.35. The van der Waals surface area contributed by atoms with E-state index in [-0.39, 0.29) is 10.5 Å². The van der Waals surface area contributed by atoms with Gasteiger partial charge in [-0.1, -0.05) is 12.1 Å². The van der Waals surface area contributed by atoms with E-state index >= 15 is 0 Å². The summed E-state index contributed by atoms with van der Waals surface area (Å²) in [5.41, 5.74) is 2.08. The predicted molar refractivity (Wildman–Crippen MR) is 78.8 cm³/mol. The first kappa shape index (κ1) is 13.4. The number of aryl methyl sites for hydroxylation is 1. The Labute approximate surface area is 120 Å². The van der Waals surface area contributed by atoms with Crippen LogP contribution in [-0.4, -0.2) is 13.4 Å². The van der Waals surface area contributed by atoms with E-state index in [1.165, 1.54) is 18.2 Å². The normalized spacial score (nSPS) is 11.7. The molecule has 0 bridgehead atoms. The van der Waals surface area contributed by atoms with E-state index in [1.807, 2.05) is 13.0 Å². The molecule has 0 saturated carbocycles. The molecule has 0 aliphatic heterocycles. The molecule has 2 aromatic carbocycles. The Balaban J connectivity index is 2.01. The van der Waals surface area contributed by atoms with Gasteiger partial charge in [0.25, 0.3) is 10.0 Å². The van der Waals surface area contributed by atoms with Crippen LogP contribution in [0.2, 0.25) is 0 Å². The molecule has 2 N–H and O–H groups in total. The highest BCUT2D eigenvalue weighted by molar-refractivity contribution is 7.92. The fourth-order valence-corrected chi connectivity index (χ4v) is 3.08. The second-order valence-corrected chi connectivity index (χ2v) is 6.33. The van der Waals surface area contributed by atoms with Gasteiger partial charge >= 0.3 is 5.76 Å². The molecule has 0 radical (unpaired) electrons. The van der Waals surface area contributed by atoms with Gasteiger partial charge in [0.15, 0.2) is 5.58 Å². The maximum Gasteiger partial charge on any atom is 0.417 e. The Morgan fingerprint density at radius 2 is 1.95 bits per heavy atom. The fourth-order valence-electron chi connectivity index (χ4n) is 2.02. The lowest BCUT2D eigenvalue weighted by atomic mass is 10.2. The van der Waals surface area contributed by atoms with Crippen molar-refractivity contribution < 1.29 is 12.8 Å². The lowest BCUT2D eigenvalue weighted by Crippen LogP contribution is -2.12. The van der Waals surface area contributed by atoms with Crippen LogP contribution in [0.25, 0.3) is 11.1 Å². The molecule has 0 unspecified atom stereocenters. The van der Waals surface area contributed by atoms with Gasteiger partial charge in [-0.2, -0.15) is 0 Å². The third kappa shape index (κ3) is 2.68. The molecule has 108 valence electrons. The molecule has 0 fully saturated rings. The summed E-state index contributed by atoms with van der Waals surface area (Å²) in [5.74, 6) is -0.619. The summed E-state index contributed by atoms with van der Waals surface area (Å²) in [7, 11) is -3.74. The summed E-state index contributed by atoms with van der Waals surface area (Å²) in [4.78, 5) is 13.6. The van der Waals surface area contributed by atoms with E-state index in [2.05, 4.69) is 9.71 Å². The fraction of sp³-hybridized carbons (Fsp3) is 0.0714. The Hall–Kier alpha value is -2.54. The van der Waals surface area contributed by atoms with Crippen molar-refractivity contribution in [2.75, 3.05) is 4.72 Å². The van der Waals surface area contributed by atoms with Gasteiger partial charge in [0, 0.05) is 11.8 Å². The monoisotopic (exact) mass is 304 g/mol. The van der Waals surface area contributed by atoms with Gasteiger partial charge in [0.05, 0.1) is 10.4 Å². The lowest BCUT2D eigenvalue weighted by molar-refractivity contribution is 0.554. The molecule has 1 heterocycles. The minimum Gasteiger partial charge on any atom is -0.408 e. The zero-order valence-electron chi connectivity index (χ0n) is 11.1. The van der Waals surface area contributed by atoms with Crippen LogP contribution in [0.4, 0.5) is 5.69 Å². The maximum absolute atomic E-state index is 12.3. The summed E-state index contributed by atoms with van der Waals surface area (Å²) < 4.78 is 32.0. The number of anilines is 1. The lowest BCUT2D eigenvalue weighted by Gasteiger charge is -2.08. The van der Waals surface area contributed by atoms with Crippen molar-refractivity contribution >= 4 is 26.8 Å². The molecule has 7 heteroatoms. The SMILES string of the molecule is Cc1cccc(NS(=O)(=O)c2ccc3[nH]c(=O)oc3c2)c1. The van der Waals surface area contributed by atoms with E-state index in [4.69, 9.17) is 4.42 Å². The molecule has 0 atom stereocenters. The van der Waals surface area contributed by atoms with Gasteiger partial charge in [-0.15, -0.1) is 0 Å². The van der Waals surface area contributed by atoms with Crippen LogP contribution in [0.1, 0.15) is 5.56 Å². The number of nitrogens with one attached hydrogen (secondary N) is 2. The minimum atomic E-state index is -3.74. The second kappa shape index (κ2) is 4.78. The average molecular weight is 304 g/mol. The van der Waals surface area contributed by atoms with Crippen molar-refractivity contribution in [1.29, 1.82) is 0 Å². The first-order valence-corrected chi connectivity index (χ1v) is 7.65. The summed E-state index contributed by atoms with van der Waals surface area (Å²) in [6.45, 7) is 1.87. The van der Waals surface area contributed by atoms with Crippen molar-refractivity contribution in [2.45, 2.75) is 11.8 Å². The quantitative estimate of drug-likeness (QED) is 0.776. The molecular weight excluding hydrogens is 292 g/mol. The van der Waals surface area contributed by atoms with Gasteiger partial charge in [0.1, 0.15) is 0 Å². The van der Waals surface area contributed by atoms with Gasteiger partial charge in [0.2, 0.25) is 0 Å². The second-order valence-electron chi connectivity index (χ2n) is 4.65. The van der Waals surface area contributed by atoms with E-state index < -0.39 is 15.8 Å². The van der Waals surface area contributed by atoms with Gasteiger partial charge in [-0.3, -0.25) is 9.71 Å². The van der Waals surface area contributed by atoms with Crippen LogP contribution in [-0.2, 0) is 10.0 Å². The number of fused-ring (bicyclic) bond motifs is 1. The molecule has 3 rings (SSSR count). The first-order chi connectivity index (χ1) is 9.94. The summed E-state index contributed by atoms with van der Waals surface area (Å²) in [6, 6.07) is 11.2. The highest BCUT2D eigenvalue weighted by Crippen LogP contribution is 2.20. The van der Waals surface area contributed by atoms with E-state index in [0.29, 0.717) is 11.2 Å². The van der Waals surface area contributed by atoms with Crippen LogP contribution in [0, 0.1) is 6.92 Å². The molecule has 0 saturated heterocycles. The van der Waals surface area contributed by atoms with Gasteiger partial charge in [-0.05, 0) is 36.8 Å². The smallest absolute Gasteiger partial charge is 0.408 e. The predicted octanol–water partition coefficient (Wildman–Crippen LogP) is 2.23. The topological polar surface area (TPSA) is 92.2 Å². The van der Waals surface area contributed by atoms with Crippen molar-refractivity contribution in [3.05, 3.63) is 58.6 Å². The van der Waals surface area contributed by atoms with Crippen molar-refractivity contribution in [3.8, 4) is 0 Å². The Morgan fingerprint density at radius 1 is 1.14 bits per heavy atom. The Morgan fingerprint density at radius 3 is 2.71 bits per heavy atom. The summed E-state index contributed by atoms with van der Waals surface area (Å²) >= 11 is 0. The number of hydrogen-bond acceptors (Lipinski definition) is 4. The molecule has 0 spiro atoms. The number of rotatable bonds is 3. The van der Waals surface area contributed by atoms with Crippen LogP contribution < -0.4 is 10.5 Å². The molecule has 6 nitrogen and oxygen atoms in total. The van der Waals surface area contributed by atoms with Crippen molar-refractivity contribution in [3.63, 3.8) is 0 Å². The Kier molecular flexibility index (Phi) is 3.06. The first-order valence-electron chi connectivity index (χ1n) is 6.16. The molecule has 0 aliphatic rings. The number of hydrogen-bond donors (Lipinski definition) is 2. The number of H-pyrrole nitrogens is 1. The highest BCUT2D eigenvalue weighted by Gasteiger charge is 2.16. The third-order valence-electron chi connectivity index (χ3n) is 2.97. The number of oxazole rings is 1. The van der Waals surface area contributed by atoms with E-state index in [0.717, 1.165) is 5.56 Å². The van der Waals surface area contributed by atoms with Crippen molar-refractivity contribution in [2.24, 2.45) is 0 Å². The zero-order chi connectivity index (χ0) is 15.0. The van der Waals surface area contributed by atoms with Crippen LogP contribution in [0.3, 0.4) is 0 Å².